The van der Waals surface area contributed by atoms with Crippen LogP contribution >= 0.6 is 0 Å². The molecule has 138 valence electrons. The number of nitrogens with zero attached hydrogens (tertiary/aromatic N) is 1. The molecule has 4 nitrogen and oxygen atoms in total. The number of morpholine rings is 1. The molecule has 0 bridgehead atoms. The monoisotopic (exact) mass is 365 g/mol. The van der Waals surface area contributed by atoms with Crippen LogP contribution in [0.15, 0.2) is 48.5 Å². The molecule has 1 aliphatic rings. The first kappa shape index (κ1) is 18.3. The summed E-state index contributed by atoms with van der Waals surface area (Å²) in [6.45, 7) is 3.37. The zero-order chi connectivity index (χ0) is 18.7. The maximum Gasteiger partial charge on any atom is 0.416 e. The van der Waals surface area contributed by atoms with Crippen molar-refractivity contribution in [3.8, 4) is 11.5 Å². The van der Waals surface area contributed by atoms with Crippen molar-refractivity contribution in [3.05, 3.63) is 59.7 Å². The fourth-order valence-electron chi connectivity index (χ4n) is 2.75. The van der Waals surface area contributed by atoms with Crippen LogP contribution in [0.2, 0.25) is 0 Å². The number of alkyl halides is 3. The molecule has 1 saturated heterocycles. The number of carbonyl (C=O) groups is 1. The Balaban J connectivity index is 1.76. The molecule has 7 heteroatoms. The second-order valence-electron chi connectivity index (χ2n) is 6.09. The molecule has 1 amide bonds. The molecule has 1 fully saturated rings. The SMILES string of the molecule is C[C@H]1CN(C(=O)c2cccc(Oc3cccc(C(F)(F)F)c3)c2)CCO1. The number of rotatable bonds is 3. The van der Waals surface area contributed by atoms with Crippen LogP contribution < -0.4 is 4.74 Å². The lowest BCUT2D eigenvalue weighted by atomic mass is 10.1. The summed E-state index contributed by atoms with van der Waals surface area (Å²) in [6.07, 6.45) is -4.47. The van der Waals surface area contributed by atoms with E-state index in [0.29, 0.717) is 31.0 Å². The third kappa shape index (κ3) is 4.35. The van der Waals surface area contributed by atoms with Gasteiger partial charge in [-0.3, -0.25) is 4.79 Å². The Kier molecular flexibility index (Phi) is 5.18. The number of hydrogen-bond donors (Lipinski definition) is 0. The molecule has 2 aromatic rings. The van der Waals surface area contributed by atoms with Crippen molar-refractivity contribution in [2.45, 2.75) is 19.2 Å². The highest BCUT2D eigenvalue weighted by Crippen LogP contribution is 2.32. The van der Waals surface area contributed by atoms with Gasteiger partial charge in [0, 0.05) is 18.7 Å². The number of halogens is 3. The van der Waals surface area contributed by atoms with E-state index in [9.17, 15) is 18.0 Å². The first-order valence-electron chi connectivity index (χ1n) is 8.19. The van der Waals surface area contributed by atoms with Gasteiger partial charge < -0.3 is 14.4 Å². The van der Waals surface area contributed by atoms with Crippen LogP contribution in [0.1, 0.15) is 22.8 Å². The molecule has 1 atom stereocenters. The van der Waals surface area contributed by atoms with Gasteiger partial charge in [0.15, 0.2) is 0 Å². The van der Waals surface area contributed by atoms with Crippen LogP contribution in [0.5, 0.6) is 11.5 Å². The summed E-state index contributed by atoms with van der Waals surface area (Å²) in [5.41, 5.74) is -0.367. The molecule has 0 unspecified atom stereocenters. The van der Waals surface area contributed by atoms with Gasteiger partial charge in [-0.1, -0.05) is 12.1 Å². The lowest BCUT2D eigenvalue weighted by Crippen LogP contribution is -2.44. The quantitative estimate of drug-likeness (QED) is 0.811. The fourth-order valence-corrected chi connectivity index (χ4v) is 2.75. The average molecular weight is 365 g/mol. The van der Waals surface area contributed by atoms with Crippen molar-refractivity contribution >= 4 is 5.91 Å². The fraction of sp³-hybridized carbons (Fsp3) is 0.316. The molecule has 0 radical (unpaired) electrons. The zero-order valence-electron chi connectivity index (χ0n) is 14.1. The Morgan fingerprint density at radius 2 is 1.85 bits per heavy atom. The highest BCUT2D eigenvalue weighted by molar-refractivity contribution is 5.94. The highest BCUT2D eigenvalue weighted by atomic mass is 19.4. The Morgan fingerprint density at radius 3 is 2.54 bits per heavy atom. The van der Waals surface area contributed by atoms with E-state index in [-0.39, 0.29) is 17.8 Å². The molecule has 1 heterocycles. The van der Waals surface area contributed by atoms with Gasteiger partial charge in [-0.25, -0.2) is 0 Å². The van der Waals surface area contributed by atoms with Crippen molar-refractivity contribution in [1.29, 1.82) is 0 Å². The molecule has 0 N–H and O–H groups in total. The third-order valence-corrected chi connectivity index (χ3v) is 4.01. The Bertz CT molecular complexity index is 792. The van der Waals surface area contributed by atoms with E-state index in [2.05, 4.69) is 0 Å². The van der Waals surface area contributed by atoms with Crippen LogP contribution in [0.3, 0.4) is 0 Å². The van der Waals surface area contributed by atoms with Gasteiger partial charge >= 0.3 is 6.18 Å². The molecule has 0 aromatic heterocycles. The Labute approximate surface area is 149 Å². The summed E-state index contributed by atoms with van der Waals surface area (Å²) in [5, 5.41) is 0. The van der Waals surface area contributed by atoms with Crippen molar-refractivity contribution < 1.29 is 27.4 Å². The summed E-state index contributed by atoms with van der Waals surface area (Å²) < 4.78 is 49.3. The van der Waals surface area contributed by atoms with Gasteiger partial charge in [-0.15, -0.1) is 0 Å². The molecule has 26 heavy (non-hydrogen) atoms. The molecular formula is C19H18F3NO3. The maximum absolute atomic E-state index is 12.8. The second-order valence-corrected chi connectivity index (χ2v) is 6.09. The van der Waals surface area contributed by atoms with Crippen LogP contribution in [0.25, 0.3) is 0 Å². The van der Waals surface area contributed by atoms with Crippen LogP contribution in [0, 0.1) is 0 Å². The van der Waals surface area contributed by atoms with E-state index in [4.69, 9.17) is 9.47 Å². The van der Waals surface area contributed by atoms with E-state index in [1.54, 1.807) is 23.1 Å². The van der Waals surface area contributed by atoms with Crippen molar-refractivity contribution in [1.82, 2.24) is 4.90 Å². The van der Waals surface area contributed by atoms with Crippen molar-refractivity contribution in [2.75, 3.05) is 19.7 Å². The number of amides is 1. The average Bonchev–Trinajstić information content (AvgIpc) is 2.61. The van der Waals surface area contributed by atoms with Gasteiger partial charge in [0.05, 0.1) is 18.3 Å². The molecule has 3 rings (SSSR count). The van der Waals surface area contributed by atoms with Crippen LogP contribution in [-0.2, 0) is 10.9 Å². The predicted octanol–water partition coefficient (Wildman–Crippen LogP) is 4.36. The largest absolute Gasteiger partial charge is 0.457 e. The molecule has 0 aliphatic carbocycles. The van der Waals surface area contributed by atoms with Crippen LogP contribution in [0.4, 0.5) is 13.2 Å². The minimum atomic E-state index is -4.44. The van der Waals surface area contributed by atoms with E-state index in [0.717, 1.165) is 12.1 Å². The van der Waals surface area contributed by atoms with Gasteiger partial charge in [0.2, 0.25) is 0 Å². The summed E-state index contributed by atoms with van der Waals surface area (Å²) in [7, 11) is 0. The first-order valence-corrected chi connectivity index (χ1v) is 8.19. The van der Waals surface area contributed by atoms with E-state index in [1.807, 2.05) is 6.92 Å². The van der Waals surface area contributed by atoms with Crippen LogP contribution in [-0.4, -0.2) is 36.6 Å². The van der Waals surface area contributed by atoms with Gasteiger partial charge in [0.25, 0.3) is 5.91 Å². The Hall–Kier alpha value is -2.54. The second kappa shape index (κ2) is 7.37. The lowest BCUT2D eigenvalue weighted by molar-refractivity contribution is -0.137. The summed E-state index contributed by atoms with van der Waals surface area (Å²) in [6, 6.07) is 11.0. The molecular weight excluding hydrogens is 347 g/mol. The highest BCUT2D eigenvalue weighted by Gasteiger charge is 2.30. The Morgan fingerprint density at radius 1 is 1.15 bits per heavy atom. The molecule has 2 aromatic carbocycles. The topological polar surface area (TPSA) is 38.8 Å². The lowest BCUT2D eigenvalue weighted by Gasteiger charge is -2.31. The minimum Gasteiger partial charge on any atom is -0.457 e. The third-order valence-electron chi connectivity index (χ3n) is 4.01. The summed E-state index contributed by atoms with van der Waals surface area (Å²) >= 11 is 0. The minimum absolute atomic E-state index is 0.0303. The first-order chi connectivity index (χ1) is 12.3. The zero-order valence-corrected chi connectivity index (χ0v) is 14.1. The molecule has 0 spiro atoms. The standard InChI is InChI=1S/C19H18F3NO3/c1-13-12-23(8-9-25-13)18(24)14-4-2-6-16(10-14)26-17-7-3-5-15(11-17)19(20,21)22/h2-7,10-11,13H,8-9,12H2,1H3/t13-/m0/s1. The van der Waals surface area contributed by atoms with E-state index in [1.165, 1.54) is 18.2 Å². The smallest absolute Gasteiger partial charge is 0.416 e. The van der Waals surface area contributed by atoms with Gasteiger partial charge in [0.1, 0.15) is 11.5 Å². The van der Waals surface area contributed by atoms with Gasteiger partial charge in [-0.05, 0) is 43.3 Å². The van der Waals surface area contributed by atoms with Gasteiger partial charge in [-0.2, -0.15) is 13.2 Å². The number of carbonyl (C=O) groups excluding carboxylic acids is 1. The summed E-state index contributed by atoms with van der Waals surface area (Å²) in [4.78, 5) is 14.3. The van der Waals surface area contributed by atoms with E-state index >= 15 is 0 Å². The summed E-state index contributed by atoms with van der Waals surface area (Å²) in [5.74, 6) is 0.204. The van der Waals surface area contributed by atoms with E-state index < -0.39 is 11.7 Å². The maximum atomic E-state index is 12.8. The molecule has 0 saturated carbocycles. The number of hydrogen-bond acceptors (Lipinski definition) is 3. The van der Waals surface area contributed by atoms with Crippen molar-refractivity contribution in [2.24, 2.45) is 0 Å². The molecule has 1 aliphatic heterocycles. The predicted molar refractivity (Wildman–Crippen MR) is 89.3 cm³/mol. The normalized spacial score (nSPS) is 17.8. The van der Waals surface area contributed by atoms with Crippen molar-refractivity contribution in [3.63, 3.8) is 0 Å². The number of ether oxygens (including phenoxy) is 2. The number of benzene rings is 2.